The van der Waals surface area contributed by atoms with E-state index >= 15 is 0 Å². The van der Waals surface area contributed by atoms with Gasteiger partial charge < -0.3 is 4.74 Å². The van der Waals surface area contributed by atoms with Gasteiger partial charge >= 0.3 is 0 Å². The number of benzene rings is 9. The maximum absolute atomic E-state index is 6.97. The van der Waals surface area contributed by atoms with Crippen LogP contribution in [-0.4, -0.2) is 15.0 Å². The van der Waals surface area contributed by atoms with Crippen LogP contribution in [0.4, 0.5) is 0 Å². The Kier molecular flexibility index (Phi) is 8.09. The first-order valence-electron chi connectivity index (χ1n) is 21.8. The topological polar surface area (TPSA) is 47.9 Å². The highest BCUT2D eigenvalue weighted by Gasteiger charge is 2.51. The lowest BCUT2D eigenvalue weighted by Crippen LogP contribution is -2.32. The number of pyridine rings is 1. The van der Waals surface area contributed by atoms with Gasteiger partial charge in [0.15, 0.2) is 5.82 Å². The van der Waals surface area contributed by atoms with Crippen LogP contribution in [-0.2, 0) is 5.41 Å². The summed E-state index contributed by atoms with van der Waals surface area (Å²) in [7, 11) is 0. The van der Waals surface area contributed by atoms with E-state index in [4.69, 9.17) is 19.7 Å². The van der Waals surface area contributed by atoms with Gasteiger partial charge in [-0.05, 0) is 75.2 Å². The molecule has 2 aromatic heterocycles. The maximum Gasteiger partial charge on any atom is 0.160 e. The smallest absolute Gasteiger partial charge is 0.160 e. The third kappa shape index (κ3) is 5.52. The quantitative estimate of drug-likeness (QED) is 0.162. The minimum absolute atomic E-state index is 0.586. The number of ether oxygens (including phenoxy) is 1. The fourth-order valence-electron chi connectivity index (χ4n) is 10.3. The van der Waals surface area contributed by atoms with E-state index in [-0.39, 0.29) is 0 Å². The minimum atomic E-state index is -0.586. The van der Waals surface area contributed by atoms with Crippen molar-refractivity contribution in [2.45, 2.75) is 5.41 Å². The van der Waals surface area contributed by atoms with Gasteiger partial charge in [0.1, 0.15) is 11.5 Å². The van der Waals surface area contributed by atoms with Crippen LogP contribution in [0.2, 0.25) is 0 Å². The molecule has 0 fully saturated rings. The summed E-state index contributed by atoms with van der Waals surface area (Å²) < 4.78 is 6.97. The van der Waals surface area contributed by atoms with Crippen molar-refractivity contribution in [3.8, 4) is 78.9 Å². The zero-order valence-electron chi connectivity index (χ0n) is 34.6. The summed E-state index contributed by atoms with van der Waals surface area (Å²) in [6.45, 7) is 0. The molecule has 11 aromatic rings. The van der Waals surface area contributed by atoms with E-state index in [0.717, 1.165) is 94.8 Å². The molecule has 1 aliphatic carbocycles. The SMILES string of the molecule is c1ccc(-c2cccc(-c3cc(-c4ccc5c(c4)nc(-c4ccccc4)c4cc6c(cc45)C4(c5ccccc5O6)c5ccccc5-c5ccccc54)nc(-c4ccccc4)n3)c2)cc1. The highest BCUT2D eigenvalue weighted by atomic mass is 16.5. The molecular weight excluding hydrogens is 779 g/mol. The second-order valence-corrected chi connectivity index (χ2v) is 16.7. The largest absolute Gasteiger partial charge is 0.457 e. The summed E-state index contributed by atoms with van der Waals surface area (Å²) in [4.78, 5) is 15.9. The van der Waals surface area contributed by atoms with Crippen molar-refractivity contribution >= 4 is 21.7 Å². The molecule has 0 amide bonds. The predicted molar refractivity (Wildman–Crippen MR) is 259 cm³/mol. The van der Waals surface area contributed by atoms with Crippen LogP contribution >= 0.6 is 0 Å². The minimum Gasteiger partial charge on any atom is -0.457 e. The van der Waals surface area contributed by atoms with Crippen LogP contribution in [0.3, 0.4) is 0 Å². The van der Waals surface area contributed by atoms with Crippen LogP contribution in [0.15, 0.2) is 224 Å². The van der Waals surface area contributed by atoms with Crippen LogP contribution in [0.1, 0.15) is 22.3 Å². The number of rotatable bonds is 5. The zero-order valence-corrected chi connectivity index (χ0v) is 34.6. The Morgan fingerprint density at radius 1 is 0.312 bits per heavy atom. The van der Waals surface area contributed by atoms with Crippen molar-refractivity contribution in [3.05, 3.63) is 247 Å². The van der Waals surface area contributed by atoms with Crippen LogP contribution in [0.25, 0.3) is 89.1 Å². The van der Waals surface area contributed by atoms with Gasteiger partial charge in [-0.15, -0.1) is 0 Å². The molecular formula is C60H37N3O. The normalized spacial score (nSPS) is 12.9. The molecule has 4 heteroatoms. The van der Waals surface area contributed by atoms with E-state index in [2.05, 4.69) is 200 Å². The van der Waals surface area contributed by atoms with Crippen LogP contribution in [0.5, 0.6) is 11.5 Å². The Morgan fingerprint density at radius 3 is 1.58 bits per heavy atom. The summed E-state index contributed by atoms with van der Waals surface area (Å²) in [6.07, 6.45) is 0. The van der Waals surface area contributed by atoms with Gasteiger partial charge in [-0.3, -0.25) is 0 Å². The number of hydrogen-bond acceptors (Lipinski definition) is 4. The third-order valence-corrected chi connectivity index (χ3v) is 13.1. The summed E-state index contributed by atoms with van der Waals surface area (Å²) in [5, 5.41) is 3.21. The number of hydrogen-bond donors (Lipinski definition) is 0. The molecule has 0 saturated heterocycles. The summed E-state index contributed by atoms with van der Waals surface area (Å²) >= 11 is 0. The number of para-hydroxylation sites is 1. The third-order valence-electron chi connectivity index (χ3n) is 13.1. The Hall–Kier alpha value is -8.47. The van der Waals surface area contributed by atoms with Gasteiger partial charge in [0.2, 0.25) is 0 Å². The first kappa shape index (κ1) is 36.2. The standard InChI is InChI=1S/C60H37N3O/c1-4-17-38(18-5-1)41-23-16-24-42(33-41)53-37-54(63-59(62-53)40-21-8-3-9-22-40)43-31-32-46-47-35-52-57(36-48(47)58(61-55(46)34-43)39-19-6-2-7-20-39)64-56-30-15-14-29-51(56)60(52)49-27-12-10-25-44(49)45-26-11-13-28-50(45)60/h1-37H. The molecule has 4 nitrogen and oxygen atoms in total. The molecule has 13 rings (SSSR count). The first-order chi connectivity index (χ1) is 31.7. The van der Waals surface area contributed by atoms with E-state index in [1.807, 2.05) is 24.3 Å². The first-order valence-corrected chi connectivity index (χ1v) is 21.8. The Morgan fingerprint density at radius 2 is 0.875 bits per heavy atom. The van der Waals surface area contributed by atoms with Crippen LogP contribution < -0.4 is 4.74 Å². The number of aromatic nitrogens is 3. The average Bonchev–Trinajstić information content (AvgIpc) is 3.66. The van der Waals surface area contributed by atoms with Gasteiger partial charge in [-0.1, -0.05) is 188 Å². The molecule has 0 atom stereocenters. The van der Waals surface area contributed by atoms with E-state index in [1.54, 1.807) is 0 Å². The summed E-state index contributed by atoms with van der Waals surface area (Å²) in [6, 6.07) is 79.5. The Labute approximate surface area is 370 Å². The summed E-state index contributed by atoms with van der Waals surface area (Å²) in [5.41, 5.74) is 16.5. The van der Waals surface area contributed by atoms with Crippen molar-refractivity contribution in [2.24, 2.45) is 0 Å². The zero-order chi connectivity index (χ0) is 42.2. The molecule has 0 saturated carbocycles. The Balaban J connectivity index is 1.06. The molecule has 298 valence electrons. The lowest BCUT2D eigenvalue weighted by molar-refractivity contribution is 0.437. The molecule has 9 aromatic carbocycles. The van der Waals surface area contributed by atoms with E-state index < -0.39 is 5.41 Å². The molecule has 0 radical (unpaired) electrons. The van der Waals surface area contributed by atoms with E-state index in [1.165, 1.54) is 22.3 Å². The van der Waals surface area contributed by atoms with Gasteiger partial charge in [-0.2, -0.15) is 0 Å². The van der Waals surface area contributed by atoms with Gasteiger partial charge in [0.25, 0.3) is 0 Å². The second kappa shape index (κ2) is 14.3. The molecule has 1 spiro atoms. The predicted octanol–water partition coefficient (Wildman–Crippen LogP) is 15.0. The average molecular weight is 816 g/mol. The molecule has 0 unspecified atom stereocenters. The molecule has 64 heavy (non-hydrogen) atoms. The maximum atomic E-state index is 6.97. The van der Waals surface area contributed by atoms with Gasteiger partial charge in [-0.25, -0.2) is 15.0 Å². The van der Waals surface area contributed by atoms with E-state index in [9.17, 15) is 0 Å². The highest BCUT2D eigenvalue weighted by Crippen LogP contribution is 2.62. The van der Waals surface area contributed by atoms with Crippen molar-refractivity contribution in [1.29, 1.82) is 0 Å². The van der Waals surface area contributed by atoms with Crippen molar-refractivity contribution in [3.63, 3.8) is 0 Å². The highest BCUT2D eigenvalue weighted by molar-refractivity contribution is 6.13. The fraction of sp³-hybridized carbons (Fsp3) is 0.0167. The molecule has 0 N–H and O–H groups in total. The van der Waals surface area contributed by atoms with Gasteiger partial charge in [0, 0.05) is 44.2 Å². The van der Waals surface area contributed by atoms with Crippen LogP contribution in [0, 0.1) is 0 Å². The lowest BCUT2D eigenvalue weighted by atomic mass is 9.65. The van der Waals surface area contributed by atoms with Gasteiger partial charge in [0.05, 0.1) is 28.0 Å². The molecule has 0 bridgehead atoms. The summed E-state index contributed by atoms with van der Waals surface area (Å²) in [5.74, 6) is 2.38. The second-order valence-electron chi connectivity index (χ2n) is 16.7. The number of nitrogens with zero attached hydrogens (tertiary/aromatic N) is 3. The van der Waals surface area contributed by atoms with Crippen molar-refractivity contribution in [2.75, 3.05) is 0 Å². The monoisotopic (exact) mass is 815 g/mol. The lowest BCUT2D eigenvalue weighted by Gasteiger charge is -2.39. The Bertz CT molecular complexity index is 3590. The molecule has 2 aliphatic rings. The van der Waals surface area contributed by atoms with Crippen molar-refractivity contribution in [1.82, 2.24) is 15.0 Å². The molecule has 3 heterocycles. The fourth-order valence-corrected chi connectivity index (χ4v) is 10.3. The molecule has 1 aliphatic heterocycles. The number of fused-ring (bicyclic) bond motifs is 12. The van der Waals surface area contributed by atoms with E-state index in [0.29, 0.717) is 5.82 Å². The van der Waals surface area contributed by atoms with Crippen molar-refractivity contribution < 1.29 is 4.74 Å².